The summed E-state index contributed by atoms with van der Waals surface area (Å²) in [5, 5.41) is 11.8. The molecule has 0 saturated carbocycles. The van der Waals surface area contributed by atoms with Gasteiger partial charge in [0.1, 0.15) is 17.3 Å². The van der Waals surface area contributed by atoms with E-state index in [1.165, 1.54) is 36.4 Å². The van der Waals surface area contributed by atoms with Crippen LogP contribution in [0.15, 0.2) is 66.2 Å². The summed E-state index contributed by atoms with van der Waals surface area (Å²) in [7, 11) is 0. The molecule has 8 heteroatoms. The number of nitrogens with zero attached hydrogens (tertiary/aromatic N) is 1. The van der Waals surface area contributed by atoms with Gasteiger partial charge >= 0.3 is 0 Å². The van der Waals surface area contributed by atoms with E-state index in [2.05, 4.69) is 0 Å². The molecule has 36 heavy (non-hydrogen) atoms. The number of benzene rings is 3. The predicted octanol–water partition coefficient (Wildman–Crippen LogP) is 7.10. The van der Waals surface area contributed by atoms with Crippen molar-refractivity contribution in [1.29, 1.82) is 0 Å². The van der Waals surface area contributed by atoms with Crippen LogP contribution < -0.4 is 9.64 Å². The van der Waals surface area contributed by atoms with Crippen molar-refractivity contribution in [3.05, 3.63) is 98.8 Å². The molecule has 0 aliphatic carbocycles. The number of aryl methyl sites for hydroxylation is 1. The summed E-state index contributed by atoms with van der Waals surface area (Å²) < 4.78 is 20.8. The Morgan fingerprint density at radius 2 is 1.72 bits per heavy atom. The number of hydrogen-bond donors (Lipinski definition) is 1. The fourth-order valence-corrected chi connectivity index (χ4v) is 4.65. The SMILES string of the molecule is Cc1cc(/C(O)=C2\C(=O)C(=O)N(c3cc(Cl)cc(Cl)c3)C2c2ccccc2F)ccc1OCC(C)C. The summed E-state index contributed by atoms with van der Waals surface area (Å²) >= 11 is 12.3. The van der Waals surface area contributed by atoms with Gasteiger partial charge in [0, 0.05) is 26.9 Å². The fourth-order valence-electron chi connectivity index (χ4n) is 4.14. The Labute approximate surface area is 218 Å². The van der Waals surface area contributed by atoms with Gasteiger partial charge in [0.2, 0.25) is 0 Å². The molecular formula is C28H24Cl2FNO4. The van der Waals surface area contributed by atoms with Gasteiger partial charge in [0.15, 0.2) is 0 Å². The van der Waals surface area contributed by atoms with Crippen LogP contribution in [0.1, 0.15) is 36.6 Å². The Morgan fingerprint density at radius 3 is 2.33 bits per heavy atom. The van der Waals surface area contributed by atoms with Crippen LogP contribution in [0.25, 0.3) is 5.76 Å². The lowest BCUT2D eigenvalue weighted by Gasteiger charge is -2.26. The predicted molar refractivity (Wildman–Crippen MR) is 139 cm³/mol. The molecule has 1 saturated heterocycles. The van der Waals surface area contributed by atoms with Gasteiger partial charge in [0.25, 0.3) is 11.7 Å². The third-order valence-corrected chi connectivity index (χ3v) is 6.23. The van der Waals surface area contributed by atoms with E-state index in [1.807, 2.05) is 20.8 Å². The molecule has 0 aromatic heterocycles. The van der Waals surface area contributed by atoms with Crippen molar-refractivity contribution in [3.8, 4) is 5.75 Å². The molecule has 1 fully saturated rings. The Morgan fingerprint density at radius 1 is 1.06 bits per heavy atom. The van der Waals surface area contributed by atoms with Crippen LogP contribution in [-0.2, 0) is 9.59 Å². The number of Topliss-reactive ketones (excluding diaryl/α,β-unsaturated/α-hetero) is 1. The zero-order chi connectivity index (χ0) is 26.1. The molecule has 4 rings (SSSR count). The first-order chi connectivity index (χ1) is 17.1. The van der Waals surface area contributed by atoms with E-state index in [9.17, 15) is 14.7 Å². The van der Waals surface area contributed by atoms with Crippen molar-refractivity contribution >= 4 is 46.3 Å². The first-order valence-electron chi connectivity index (χ1n) is 11.3. The average Bonchev–Trinajstić information content (AvgIpc) is 3.07. The Hall–Kier alpha value is -3.35. The van der Waals surface area contributed by atoms with Crippen LogP contribution in [0.5, 0.6) is 5.75 Å². The Bertz CT molecular complexity index is 1370. The molecular weight excluding hydrogens is 504 g/mol. The van der Waals surface area contributed by atoms with Crippen LogP contribution in [-0.4, -0.2) is 23.4 Å². The molecule has 186 valence electrons. The Kier molecular flexibility index (Phi) is 7.38. The van der Waals surface area contributed by atoms with Gasteiger partial charge in [-0.05, 0) is 60.9 Å². The minimum Gasteiger partial charge on any atom is -0.507 e. The zero-order valence-corrected chi connectivity index (χ0v) is 21.4. The van der Waals surface area contributed by atoms with Crippen LogP contribution in [0.2, 0.25) is 10.0 Å². The second kappa shape index (κ2) is 10.3. The van der Waals surface area contributed by atoms with E-state index >= 15 is 4.39 Å². The third kappa shape index (κ3) is 4.97. The highest BCUT2D eigenvalue weighted by molar-refractivity contribution is 6.52. The number of halogens is 3. The van der Waals surface area contributed by atoms with Crippen LogP contribution in [0, 0.1) is 18.7 Å². The highest BCUT2D eigenvalue weighted by atomic mass is 35.5. The number of ether oxygens (including phenoxy) is 1. The van der Waals surface area contributed by atoms with Gasteiger partial charge in [-0.2, -0.15) is 0 Å². The first-order valence-corrected chi connectivity index (χ1v) is 12.1. The van der Waals surface area contributed by atoms with Crippen molar-refractivity contribution in [2.45, 2.75) is 26.8 Å². The molecule has 1 heterocycles. The molecule has 1 aliphatic heterocycles. The maximum Gasteiger partial charge on any atom is 0.300 e. The minimum absolute atomic E-state index is 0.0444. The van der Waals surface area contributed by atoms with Gasteiger partial charge in [-0.25, -0.2) is 4.39 Å². The normalized spacial score (nSPS) is 17.2. The summed E-state index contributed by atoms with van der Waals surface area (Å²) in [6.07, 6.45) is 0. The van der Waals surface area contributed by atoms with Crippen LogP contribution in [0.4, 0.5) is 10.1 Å². The molecule has 1 N–H and O–H groups in total. The maximum absolute atomic E-state index is 15.0. The highest BCUT2D eigenvalue weighted by Gasteiger charge is 2.48. The van der Waals surface area contributed by atoms with Crippen LogP contribution >= 0.6 is 23.2 Å². The van der Waals surface area contributed by atoms with Crippen molar-refractivity contribution < 1.29 is 23.8 Å². The molecule has 1 amide bonds. The number of aliphatic hydroxyl groups is 1. The lowest BCUT2D eigenvalue weighted by molar-refractivity contribution is -0.132. The lowest BCUT2D eigenvalue weighted by atomic mass is 9.94. The summed E-state index contributed by atoms with van der Waals surface area (Å²) in [6.45, 7) is 6.40. The molecule has 3 aromatic rings. The van der Waals surface area contributed by atoms with Gasteiger partial charge in [-0.3, -0.25) is 14.5 Å². The molecule has 0 spiro atoms. The fraction of sp³-hybridized carbons (Fsp3) is 0.214. The molecule has 0 bridgehead atoms. The monoisotopic (exact) mass is 527 g/mol. The average molecular weight is 528 g/mol. The third-order valence-electron chi connectivity index (χ3n) is 5.79. The topological polar surface area (TPSA) is 66.8 Å². The van der Waals surface area contributed by atoms with Crippen molar-refractivity contribution in [2.75, 3.05) is 11.5 Å². The number of aliphatic hydroxyl groups excluding tert-OH is 1. The highest BCUT2D eigenvalue weighted by Crippen LogP contribution is 2.44. The smallest absolute Gasteiger partial charge is 0.300 e. The van der Waals surface area contributed by atoms with Gasteiger partial charge in [-0.1, -0.05) is 55.2 Å². The summed E-state index contributed by atoms with van der Waals surface area (Å²) in [4.78, 5) is 27.6. The first kappa shape index (κ1) is 25.7. The largest absolute Gasteiger partial charge is 0.507 e. The molecule has 5 nitrogen and oxygen atoms in total. The number of ketones is 1. The summed E-state index contributed by atoms with van der Waals surface area (Å²) in [5.74, 6) is -1.97. The molecule has 1 atom stereocenters. The zero-order valence-electron chi connectivity index (χ0n) is 19.9. The standard InChI is InChI=1S/C28H24Cl2FNO4/c1-15(2)14-36-23-9-8-17(10-16(23)3)26(33)24-25(21-6-4-5-7-22(21)31)32(28(35)27(24)34)20-12-18(29)11-19(30)13-20/h4-13,15,25,33H,14H2,1-3H3/b26-24+. The van der Waals surface area contributed by atoms with E-state index in [-0.39, 0.29) is 26.9 Å². The number of amides is 1. The summed E-state index contributed by atoms with van der Waals surface area (Å²) in [6, 6.07) is 13.9. The molecule has 3 aromatic carbocycles. The number of rotatable bonds is 6. The van der Waals surface area contributed by atoms with E-state index in [0.29, 0.717) is 23.8 Å². The molecule has 0 radical (unpaired) electrons. The van der Waals surface area contributed by atoms with E-state index in [1.54, 1.807) is 24.3 Å². The van der Waals surface area contributed by atoms with Gasteiger partial charge < -0.3 is 9.84 Å². The molecule has 1 aliphatic rings. The van der Waals surface area contributed by atoms with E-state index in [0.717, 1.165) is 10.5 Å². The maximum atomic E-state index is 15.0. The van der Waals surface area contributed by atoms with Crippen molar-refractivity contribution in [1.82, 2.24) is 0 Å². The van der Waals surface area contributed by atoms with E-state index in [4.69, 9.17) is 27.9 Å². The minimum atomic E-state index is -1.24. The van der Waals surface area contributed by atoms with Gasteiger partial charge in [0.05, 0.1) is 18.2 Å². The second-order valence-corrected chi connectivity index (χ2v) is 9.88. The van der Waals surface area contributed by atoms with E-state index < -0.39 is 29.3 Å². The van der Waals surface area contributed by atoms with Crippen LogP contribution in [0.3, 0.4) is 0 Å². The number of carbonyl (C=O) groups excluding carboxylic acids is 2. The summed E-state index contributed by atoms with van der Waals surface area (Å²) in [5.41, 5.74) is 1.04. The van der Waals surface area contributed by atoms with Crippen molar-refractivity contribution in [2.24, 2.45) is 5.92 Å². The number of hydrogen-bond acceptors (Lipinski definition) is 4. The van der Waals surface area contributed by atoms with Gasteiger partial charge in [-0.15, -0.1) is 0 Å². The Balaban J connectivity index is 1.89. The second-order valence-electron chi connectivity index (χ2n) is 9.00. The molecule has 1 unspecified atom stereocenters. The number of carbonyl (C=O) groups is 2. The lowest BCUT2D eigenvalue weighted by Crippen LogP contribution is -2.29. The van der Waals surface area contributed by atoms with Crippen molar-refractivity contribution in [3.63, 3.8) is 0 Å². The quantitative estimate of drug-likeness (QED) is 0.211. The number of anilines is 1.